The fourth-order valence-electron chi connectivity index (χ4n) is 3.88. The summed E-state index contributed by atoms with van der Waals surface area (Å²) in [6.45, 7) is 11.2. The lowest BCUT2D eigenvalue weighted by Crippen LogP contribution is -2.50. The van der Waals surface area contributed by atoms with Crippen LogP contribution >= 0.6 is 11.8 Å². The van der Waals surface area contributed by atoms with E-state index in [1.165, 1.54) is 11.1 Å². The van der Waals surface area contributed by atoms with Gasteiger partial charge in [0.2, 0.25) is 11.8 Å². The van der Waals surface area contributed by atoms with Crippen LogP contribution in [0.4, 0.5) is 0 Å². The van der Waals surface area contributed by atoms with Crippen LogP contribution in [0.15, 0.2) is 24.3 Å². The summed E-state index contributed by atoms with van der Waals surface area (Å²) >= 11 is 1.79. The van der Waals surface area contributed by atoms with Gasteiger partial charge in [0.15, 0.2) is 0 Å². The van der Waals surface area contributed by atoms with E-state index in [9.17, 15) is 9.59 Å². The van der Waals surface area contributed by atoms with Crippen molar-refractivity contribution < 1.29 is 9.59 Å². The number of rotatable bonds is 6. The molecule has 2 saturated heterocycles. The first-order chi connectivity index (χ1) is 13.0. The predicted molar refractivity (Wildman–Crippen MR) is 111 cm³/mol. The first-order valence-corrected chi connectivity index (χ1v) is 11.0. The van der Waals surface area contributed by atoms with E-state index < -0.39 is 0 Å². The molecule has 2 heterocycles. The highest BCUT2D eigenvalue weighted by Crippen LogP contribution is 2.44. The quantitative estimate of drug-likeness (QED) is 0.750. The molecule has 0 N–H and O–H groups in total. The fraction of sp³-hybridized carbons (Fsp3) is 0.619. The highest BCUT2D eigenvalue weighted by Gasteiger charge is 2.40. The van der Waals surface area contributed by atoms with E-state index in [1.54, 1.807) is 11.8 Å². The second kappa shape index (κ2) is 9.11. The minimum Gasteiger partial charge on any atom is -0.340 e. The predicted octanol–water partition coefficient (Wildman–Crippen LogP) is 2.90. The first kappa shape index (κ1) is 20.2. The van der Waals surface area contributed by atoms with Crippen molar-refractivity contribution in [1.29, 1.82) is 0 Å². The molecule has 2 amide bonds. The molecule has 2 aliphatic rings. The van der Waals surface area contributed by atoms with Gasteiger partial charge in [0.1, 0.15) is 5.37 Å². The largest absolute Gasteiger partial charge is 0.340 e. The van der Waals surface area contributed by atoms with Gasteiger partial charge in [-0.1, -0.05) is 38.1 Å². The first-order valence-electron chi connectivity index (χ1n) is 10.1. The molecule has 2 atom stereocenters. The average Bonchev–Trinajstić information content (AvgIpc) is 3.02. The monoisotopic (exact) mass is 389 g/mol. The van der Waals surface area contributed by atoms with E-state index in [-0.39, 0.29) is 22.4 Å². The van der Waals surface area contributed by atoms with Crippen LogP contribution in [0.1, 0.15) is 43.2 Å². The molecule has 0 spiro atoms. The van der Waals surface area contributed by atoms with Crippen LogP contribution in [-0.2, 0) is 9.59 Å². The van der Waals surface area contributed by atoms with Gasteiger partial charge in [-0.3, -0.25) is 14.5 Å². The average molecular weight is 390 g/mol. The summed E-state index contributed by atoms with van der Waals surface area (Å²) in [6, 6.07) is 8.40. The van der Waals surface area contributed by atoms with E-state index in [2.05, 4.69) is 47.9 Å². The van der Waals surface area contributed by atoms with E-state index >= 15 is 0 Å². The van der Waals surface area contributed by atoms with Gasteiger partial charge in [-0.2, -0.15) is 0 Å². The summed E-state index contributed by atoms with van der Waals surface area (Å²) in [4.78, 5) is 31.2. The Balaban J connectivity index is 1.63. The Labute approximate surface area is 167 Å². The van der Waals surface area contributed by atoms with Crippen LogP contribution in [0, 0.1) is 6.92 Å². The van der Waals surface area contributed by atoms with Crippen LogP contribution in [0.25, 0.3) is 0 Å². The minimum atomic E-state index is 0.0635. The molecule has 5 nitrogen and oxygen atoms in total. The number of piperazine rings is 1. The number of amides is 2. The molecule has 1 aromatic rings. The van der Waals surface area contributed by atoms with Gasteiger partial charge in [0.05, 0.1) is 5.25 Å². The number of benzene rings is 1. The Morgan fingerprint density at radius 3 is 2.44 bits per heavy atom. The number of carbonyl (C=O) groups excluding carboxylic acids is 2. The molecular formula is C21H31N3O2S. The summed E-state index contributed by atoms with van der Waals surface area (Å²) < 4.78 is 0. The molecule has 0 aliphatic carbocycles. The molecule has 27 heavy (non-hydrogen) atoms. The maximum atomic E-state index is 12.9. The zero-order chi connectivity index (χ0) is 19.4. The van der Waals surface area contributed by atoms with Crippen molar-refractivity contribution in [3.63, 3.8) is 0 Å². The maximum Gasteiger partial charge on any atom is 0.236 e. The summed E-state index contributed by atoms with van der Waals surface area (Å²) in [5.41, 5.74) is 2.50. The Bertz CT molecular complexity index is 673. The van der Waals surface area contributed by atoms with Crippen LogP contribution in [0.2, 0.25) is 0 Å². The second-order valence-electron chi connectivity index (χ2n) is 7.35. The van der Waals surface area contributed by atoms with Crippen molar-refractivity contribution in [1.82, 2.24) is 14.7 Å². The molecule has 0 radical (unpaired) electrons. The summed E-state index contributed by atoms with van der Waals surface area (Å²) in [5, 5.41) is 0.181. The van der Waals surface area contributed by atoms with E-state index in [4.69, 9.17) is 0 Å². The van der Waals surface area contributed by atoms with E-state index in [0.29, 0.717) is 6.42 Å². The third-order valence-electron chi connectivity index (χ3n) is 5.64. The van der Waals surface area contributed by atoms with E-state index in [1.807, 2.05) is 11.8 Å². The Morgan fingerprint density at radius 1 is 1.11 bits per heavy atom. The Morgan fingerprint density at radius 2 is 1.81 bits per heavy atom. The lowest BCUT2D eigenvalue weighted by molar-refractivity contribution is -0.132. The topological polar surface area (TPSA) is 43.9 Å². The SMILES string of the molecule is CCC(=O)N1CCN(CCN2C(=O)[C@@H](CC)S[C@@H]2c2ccccc2C)CC1. The van der Waals surface area contributed by atoms with Gasteiger partial charge < -0.3 is 9.80 Å². The fourth-order valence-corrected chi connectivity index (χ4v) is 5.41. The van der Waals surface area contributed by atoms with Crippen molar-refractivity contribution in [2.75, 3.05) is 39.3 Å². The number of hydrogen-bond donors (Lipinski definition) is 0. The van der Waals surface area contributed by atoms with Crippen molar-refractivity contribution in [3.8, 4) is 0 Å². The second-order valence-corrected chi connectivity index (χ2v) is 8.64. The molecule has 0 saturated carbocycles. The highest BCUT2D eigenvalue weighted by atomic mass is 32.2. The number of thioether (sulfide) groups is 1. The van der Waals surface area contributed by atoms with Crippen molar-refractivity contribution in [3.05, 3.63) is 35.4 Å². The van der Waals surface area contributed by atoms with Crippen molar-refractivity contribution in [2.24, 2.45) is 0 Å². The number of aryl methyl sites for hydroxylation is 1. The zero-order valence-electron chi connectivity index (χ0n) is 16.7. The molecule has 3 rings (SSSR count). The third-order valence-corrected chi connectivity index (χ3v) is 7.27. The van der Waals surface area contributed by atoms with E-state index in [0.717, 1.165) is 45.7 Å². The molecule has 0 bridgehead atoms. The zero-order valence-corrected chi connectivity index (χ0v) is 17.5. The summed E-state index contributed by atoms with van der Waals surface area (Å²) in [7, 11) is 0. The lowest BCUT2D eigenvalue weighted by Gasteiger charge is -2.36. The van der Waals surface area contributed by atoms with Crippen LogP contribution < -0.4 is 0 Å². The number of nitrogens with zero attached hydrogens (tertiary/aromatic N) is 3. The molecule has 1 aromatic carbocycles. The summed E-state index contributed by atoms with van der Waals surface area (Å²) in [6.07, 6.45) is 1.45. The van der Waals surface area contributed by atoms with Crippen LogP contribution in [0.5, 0.6) is 0 Å². The minimum absolute atomic E-state index is 0.0635. The third kappa shape index (κ3) is 4.49. The smallest absolute Gasteiger partial charge is 0.236 e. The number of hydrogen-bond acceptors (Lipinski definition) is 4. The van der Waals surface area contributed by atoms with Crippen molar-refractivity contribution >= 4 is 23.6 Å². The molecule has 2 aliphatic heterocycles. The summed E-state index contributed by atoms with van der Waals surface area (Å²) in [5.74, 6) is 0.515. The Hall–Kier alpha value is -1.53. The van der Waals surface area contributed by atoms with Gasteiger partial charge in [-0.25, -0.2) is 0 Å². The molecular weight excluding hydrogens is 358 g/mol. The molecule has 0 unspecified atom stereocenters. The van der Waals surface area contributed by atoms with Gasteiger partial charge in [0, 0.05) is 45.7 Å². The molecule has 0 aromatic heterocycles. The Kier molecular flexibility index (Phi) is 6.82. The standard InChI is InChI=1S/C21H31N3O2S/c1-4-18-20(26)24(21(27-18)17-9-7-6-8-16(17)3)15-12-22-10-13-23(14-11-22)19(25)5-2/h6-9,18,21H,4-5,10-15H2,1-3H3/t18-,21-/m1/s1. The van der Waals surface area contributed by atoms with Gasteiger partial charge >= 0.3 is 0 Å². The molecule has 148 valence electrons. The van der Waals surface area contributed by atoms with Crippen LogP contribution in [0.3, 0.4) is 0 Å². The molecule has 2 fully saturated rings. The number of carbonyl (C=O) groups is 2. The maximum absolute atomic E-state index is 12.9. The van der Waals surface area contributed by atoms with Gasteiger partial charge in [-0.15, -0.1) is 11.8 Å². The lowest BCUT2D eigenvalue weighted by atomic mass is 10.1. The van der Waals surface area contributed by atoms with Gasteiger partial charge in [-0.05, 0) is 24.5 Å². The van der Waals surface area contributed by atoms with Crippen LogP contribution in [-0.4, -0.2) is 71.0 Å². The highest BCUT2D eigenvalue weighted by molar-refractivity contribution is 8.01. The molecule has 6 heteroatoms. The van der Waals surface area contributed by atoms with Crippen molar-refractivity contribution in [2.45, 2.75) is 44.2 Å². The van der Waals surface area contributed by atoms with Gasteiger partial charge in [0.25, 0.3) is 0 Å². The normalized spacial score (nSPS) is 23.9.